The van der Waals surface area contributed by atoms with E-state index >= 15 is 0 Å². The summed E-state index contributed by atoms with van der Waals surface area (Å²) in [6, 6.07) is 9.54. The molecule has 5 nitrogen and oxygen atoms in total. The van der Waals surface area contributed by atoms with Crippen molar-refractivity contribution in [3.05, 3.63) is 72.3 Å². The maximum Gasteiger partial charge on any atom is 0.235 e. The van der Waals surface area contributed by atoms with Gasteiger partial charge in [-0.2, -0.15) is 0 Å². The van der Waals surface area contributed by atoms with Gasteiger partial charge in [0.25, 0.3) is 0 Å². The Balaban J connectivity index is 1.68. The van der Waals surface area contributed by atoms with Crippen LogP contribution in [0.4, 0.5) is 30.2 Å². The molecular formula is C20H16F3N3O2S. The minimum atomic E-state index is -3.72. The number of benzene rings is 2. The van der Waals surface area contributed by atoms with Crippen molar-refractivity contribution in [3.63, 3.8) is 0 Å². The molecule has 0 radical (unpaired) electrons. The van der Waals surface area contributed by atoms with Crippen LogP contribution >= 0.6 is 0 Å². The molecule has 9 heteroatoms. The zero-order valence-corrected chi connectivity index (χ0v) is 15.8. The lowest BCUT2D eigenvalue weighted by molar-refractivity contribution is 0.512. The molecule has 0 aliphatic heterocycles. The monoisotopic (exact) mass is 419 g/mol. The van der Waals surface area contributed by atoms with E-state index in [9.17, 15) is 21.6 Å². The van der Waals surface area contributed by atoms with Gasteiger partial charge in [0, 0.05) is 12.4 Å². The van der Waals surface area contributed by atoms with Crippen LogP contribution in [-0.2, 0) is 10.0 Å². The van der Waals surface area contributed by atoms with Crippen molar-refractivity contribution in [2.75, 3.05) is 10.0 Å². The number of aromatic nitrogens is 1. The highest BCUT2D eigenvalue weighted by Crippen LogP contribution is 2.36. The summed E-state index contributed by atoms with van der Waals surface area (Å²) in [7, 11) is -3.72. The summed E-state index contributed by atoms with van der Waals surface area (Å²) in [6.45, 7) is 0. The molecule has 1 aromatic heterocycles. The Morgan fingerprint density at radius 1 is 0.862 bits per heavy atom. The van der Waals surface area contributed by atoms with E-state index < -0.39 is 38.4 Å². The molecule has 150 valence electrons. The minimum absolute atomic E-state index is 0.126. The first kappa shape index (κ1) is 19.3. The molecule has 3 aromatic rings. The predicted molar refractivity (Wildman–Crippen MR) is 105 cm³/mol. The van der Waals surface area contributed by atoms with E-state index in [1.807, 2.05) is 0 Å². The van der Waals surface area contributed by atoms with E-state index in [0.717, 1.165) is 17.7 Å². The molecule has 2 N–H and O–H groups in total. The van der Waals surface area contributed by atoms with Gasteiger partial charge in [0.15, 0.2) is 11.6 Å². The second-order valence-corrected chi connectivity index (χ2v) is 8.65. The van der Waals surface area contributed by atoms with Crippen molar-refractivity contribution < 1.29 is 21.6 Å². The van der Waals surface area contributed by atoms with Gasteiger partial charge in [-0.3, -0.25) is 9.71 Å². The zero-order chi connectivity index (χ0) is 20.6. The van der Waals surface area contributed by atoms with Gasteiger partial charge in [-0.05, 0) is 60.4 Å². The van der Waals surface area contributed by atoms with Gasteiger partial charge < -0.3 is 5.32 Å². The van der Waals surface area contributed by atoms with Crippen molar-refractivity contribution in [2.24, 2.45) is 0 Å². The first-order chi connectivity index (χ1) is 13.8. The second kappa shape index (κ2) is 7.40. The number of rotatable bonds is 6. The van der Waals surface area contributed by atoms with Gasteiger partial charge in [0.2, 0.25) is 10.0 Å². The minimum Gasteiger partial charge on any atom is -0.349 e. The number of pyridine rings is 1. The van der Waals surface area contributed by atoms with Crippen molar-refractivity contribution >= 4 is 27.1 Å². The number of hydrogen-bond acceptors (Lipinski definition) is 4. The van der Waals surface area contributed by atoms with E-state index in [2.05, 4.69) is 15.0 Å². The summed E-state index contributed by atoms with van der Waals surface area (Å²) in [5.74, 6) is -3.20. The van der Waals surface area contributed by atoms with Gasteiger partial charge in [0.05, 0.1) is 16.6 Å². The Kier molecular flexibility index (Phi) is 4.91. The molecule has 1 aliphatic carbocycles. The molecule has 29 heavy (non-hydrogen) atoms. The van der Waals surface area contributed by atoms with Gasteiger partial charge >= 0.3 is 0 Å². The number of nitrogens with zero attached hydrogens (tertiary/aromatic N) is 1. The fraction of sp³-hybridized carbons (Fsp3) is 0.150. The van der Waals surface area contributed by atoms with Gasteiger partial charge in [0.1, 0.15) is 11.5 Å². The molecule has 1 fully saturated rings. The van der Waals surface area contributed by atoms with Gasteiger partial charge in [-0.1, -0.05) is 6.07 Å². The third kappa shape index (κ3) is 4.04. The average molecular weight is 419 g/mol. The van der Waals surface area contributed by atoms with E-state index in [0.29, 0.717) is 18.4 Å². The normalized spacial score (nSPS) is 13.9. The molecule has 0 unspecified atom stereocenters. The molecule has 4 rings (SSSR count). The van der Waals surface area contributed by atoms with Crippen LogP contribution < -0.4 is 10.0 Å². The van der Waals surface area contributed by atoms with Crippen molar-refractivity contribution in [2.45, 2.75) is 18.1 Å². The number of hydrogen-bond donors (Lipinski definition) is 2. The maximum absolute atomic E-state index is 14.6. The Bertz CT molecular complexity index is 1170. The van der Waals surface area contributed by atoms with Crippen LogP contribution in [0.2, 0.25) is 0 Å². The van der Waals surface area contributed by atoms with Gasteiger partial charge in [-0.25, -0.2) is 21.6 Å². The maximum atomic E-state index is 14.6. The highest BCUT2D eigenvalue weighted by Gasteiger charge is 2.36. The molecule has 1 heterocycles. The summed E-state index contributed by atoms with van der Waals surface area (Å²) in [5.41, 5.74) is 0.516. The van der Waals surface area contributed by atoms with Crippen LogP contribution in [0.5, 0.6) is 0 Å². The summed E-state index contributed by atoms with van der Waals surface area (Å²) in [4.78, 5) is 3.90. The Morgan fingerprint density at radius 3 is 2.21 bits per heavy atom. The largest absolute Gasteiger partial charge is 0.349 e. The SMILES string of the molecule is O=S(=O)(Nc1ccc(F)c(F)c1Nc1ccc(-c2ccncc2)cc1F)C1CC1. The molecule has 1 aliphatic rings. The third-order valence-electron chi connectivity index (χ3n) is 4.55. The van der Waals surface area contributed by atoms with Crippen LogP contribution in [0.15, 0.2) is 54.9 Å². The van der Waals surface area contributed by atoms with Crippen LogP contribution in [0.3, 0.4) is 0 Å². The van der Waals surface area contributed by atoms with E-state index in [1.54, 1.807) is 30.6 Å². The standard InChI is InChI=1S/C20H16F3N3O2S/c21-15-4-6-18(26-29(27,28)14-2-3-14)20(19(15)23)25-17-5-1-13(11-16(17)22)12-7-9-24-10-8-12/h1,4-11,14,25-26H,2-3H2. The topological polar surface area (TPSA) is 71.1 Å². The van der Waals surface area contributed by atoms with E-state index in [-0.39, 0.29) is 11.4 Å². The summed E-state index contributed by atoms with van der Waals surface area (Å²) < 4.78 is 69.5. The highest BCUT2D eigenvalue weighted by atomic mass is 32.2. The average Bonchev–Trinajstić information content (AvgIpc) is 3.55. The molecule has 0 amide bonds. The summed E-state index contributed by atoms with van der Waals surface area (Å²) in [6.07, 6.45) is 4.15. The quantitative estimate of drug-likeness (QED) is 0.601. The molecule has 0 atom stereocenters. The van der Waals surface area contributed by atoms with Crippen molar-refractivity contribution in [1.29, 1.82) is 0 Å². The number of anilines is 3. The summed E-state index contributed by atoms with van der Waals surface area (Å²) in [5, 5.41) is 1.93. The molecule has 2 aromatic carbocycles. The molecule has 0 saturated heterocycles. The van der Waals surface area contributed by atoms with Crippen LogP contribution in [-0.4, -0.2) is 18.7 Å². The highest BCUT2D eigenvalue weighted by molar-refractivity contribution is 7.93. The number of nitrogens with one attached hydrogen (secondary N) is 2. The molecular weight excluding hydrogens is 403 g/mol. The van der Waals surface area contributed by atoms with Crippen molar-refractivity contribution in [1.82, 2.24) is 4.98 Å². The smallest absolute Gasteiger partial charge is 0.235 e. The summed E-state index contributed by atoms with van der Waals surface area (Å²) >= 11 is 0. The Morgan fingerprint density at radius 2 is 1.55 bits per heavy atom. The van der Waals surface area contributed by atoms with Crippen LogP contribution in [0.25, 0.3) is 11.1 Å². The van der Waals surface area contributed by atoms with Crippen LogP contribution in [0, 0.1) is 17.5 Å². The second-order valence-electron chi connectivity index (χ2n) is 6.69. The first-order valence-corrected chi connectivity index (χ1v) is 10.4. The van der Waals surface area contributed by atoms with Crippen molar-refractivity contribution in [3.8, 4) is 11.1 Å². The fourth-order valence-electron chi connectivity index (χ4n) is 2.85. The lowest BCUT2D eigenvalue weighted by Gasteiger charge is -2.16. The first-order valence-electron chi connectivity index (χ1n) is 8.82. The fourth-order valence-corrected chi connectivity index (χ4v) is 4.25. The number of sulfonamides is 1. The lowest BCUT2D eigenvalue weighted by Crippen LogP contribution is -2.18. The van der Waals surface area contributed by atoms with Crippen LogP contribution in [0.1, 0.15) is 12.8 Å². The molecule has 1 saturated carbocycles. The lowest BCUT2D eigenvalue weighted by atomic mass is 10.1. The van der Waals surface area contributed by atoms with E-state index in [4.69, 9.17) is 0 Å². The predicted octanol–water partition coefficient (Wildman–Crippen LogP) is 4.81. The molecule has 0 spiro atoms. The zero-order valence-electron chi connectivity index (χ0n) is 15.0. The van der Waals surface area contributed by atoms with Gasteiger partial charge in [-0.15, -0.1) is 0 Å². The molecule has 0 bridgehead atoms. The Labute approximate surface area is 165 Å². The number of halogens is 3. The third-order valence-corrected chi connectivity index (χ3v) is 6.41. The Hall–Kier alpha value is -3.07. The van der Waals surface area contributed by atoms with E-state index in [1.165, 1.54) is 12.1 Å².